The Morgan fingerprint density at radius 1 is 1.33 bits per heavy atom. The van der Waals surface area contributed by atoms with E-state index >= 15 is 0 Å². The van der Waals surface area contributed by atoms with Crippen LogP contribution >= 0.6 is 0 Å². The van der Waals surface area contributed by atoms with Gasteiger partial charge in [0.1, 0.15) is 0 Å². The lowest BCUT2D eigenvalue weighted by Crippen LogP contribution is -2.51. The minimum atomic E-state index is -0.892. The van der Waals surface area contributed by atoms with Crippen LogP contribution in [-0.4, -0.2) is 91.3 Å². The second kappa shape index (κ2) is 7.09. The first kappa shape index (κ1) is 16.0. The number of morpholine rings is 1. The molecule has 2 rings (SSSR count). The summed E-state index contributed by atoms with van der Waals surface area (Å²) >= 11 is 0. The number of likely N-dealkylation sites (tertiary alicyclic amines) is 1. The van der Waals surface area contributed by atoms with Crippen molar-refractivity contribution in [3.05, 3.63) is 0 Å². The molecular weight excluding hydrogens is 274 g/mol. The SMILES string of the molecule is CN1CCC(CN(C)C(=O)N2CCOC(CC(=O)O)C2)C1. The zero-order chi connectivity index (χ0) is 15.4. The van der Waals surface area contributed by atoms with Gasteiger partial charge in [-0.1, -0.05) is 0 Å². The van der Waals surface area contributed by atoms with E-state index in [1.54, 1.807) is 9.80 Å². The largest absolute Gasteiger partial charge is 0.481 e. The summed E-state index contributed by atoms with van der Waals surface area (Å²) in [5.74, 6) is -0.364. The number of carboxylic acid groups (broad SMARTS) is 1. The zero-order valence-electron chi connectivity index (χ0n) is 12.8. The third-order valence-corrected chi connectivity index (χ3v) is 4.16. The van der Waals surface area contributed by atoms with Crippen LogP contribution in [0.25, 0.3) is 0 Å². The van der Waals surface area contributed by atoms with Gasteiger partial charge < -0.3 is 24.5 Å². The van der Waals surface area contributed by atoms with Crippen LogP contribution in [-0.2, 0) is 9.53 Å². The van der Waals surface area contributed by atoms with Gasteiger partial charge in [-0.2, -0.15) is 0 Å². The molecule has 2 saturated heterocycles. The van der Waals surface area contributed by atoms with E-state index in [4.69, 9.17) is 9.84 Å². The van der Waals surface area contributed by atoms with Gasteiger partial charge in [0.2, 0.25) is 0 Å². The van der Waals surface area contributed by atoms with Crippen LogP contribution < -0.4 is 0 Å². The maximum Gasteiger partial charge on any atom is 0.319 e. The van der Waals surface area contributed by atoms with E-state index in [0.29, 0.717) is 25.6 Å². The fraction of sp³-hybridized carbons (Fsp3) is 0.857. The van der Waals surface area contributed by atoms with Crippen molar-refractivity contribution in [2.45, 2.75) is 18.9 Å². The van der Waals surface area contributed by atoms with Gasteiger partial charge in [-0.25, -0.2) is 4.79 Å². The molecule has 1 N–H and O–H groups in total. The Balaban J connectivity index is 1.82. The van der Waals surface area contributed by atoms with Crippen LogP contribution in [0.2, 0.25) is 0 Å². The highest BCUT2D eigenvalue weighted by Gasteiger charge is 2.29. The normalized spacial score (nSPS) is 26.9. The van der Waals surface area contributed by atoms with Crippen molar-refractivity contribution in [3.8, 4) is 0 Å². The first-order chi connectivity index (χ1) is 9.95. The van der Waals surface area contributed by atoms with E-state index in [-0.39, 0.29) is 12.5 Å². The maximum absolute atomic E-state index is 12.4. The van der Waals surface area contributed by atoms with Gasteiger partial charge in [0.25, 0.3) is 0 Å². The highest BCUT2D eigenvalue weighted by atomic mass is 16.5. The average molecular weight is 299 g/mol. The van der Waals surface area contributed by atoms with Gasteiger partial charge in [0, 0.05) is 33.2 Å². The zero-order valence-corrected chi connectivity index (χ0v) is 12.8. The summed E-state index contributed by atoms with van der Waals surface area (Å²) in [5, 5.41) is 8.82. The van der Waals surface area contributed by atoms with Crippen molar-refractivity contribution in [3.63, 3.8) is 0 Å². The Hall–Kier alpha value is -1.34. The predicted octanol–water partition coefficient (Wildman–Crippen LogP) is 0.165. The number of hydrogen-bond donors (Lipinski definition) is 1. The molecule has 2 atom stereocenters. The Morgan fingerprint density at radius 2 is 2.10 bits per heavy atom. The van der Waals surface area contributed by atoms with E-state index in [1.165, 1.54) is 0 Å². The molecule has 0 bridgehead atoms. The van der Waals surface area contributed by atoms with Gasteiger partial charge in [0.05, 0.1) is 19.1 Å². The van der Waals surface area contributed by atoms with Crippen LogP contribution in [0.1, 0.15) is 12.8 Å². The highest BCUT2D eigenvalue weighted by Crippen LogP contribution is 2.17. The molecule has 7 nitrogen and oxygen atoms in total. The number of hydrogen-bond acceptors (Lipinski definition) is 4. The van der Waals surface area contributed by atoms with Gasteiger partial charge in [-0.05, 0) is 25.9 Å². The molecule has 2 heterocycles. The molecule has 2 amide bonds. The molecule has 0 saturated carbocycles. The van der Waals surface area contributed by atoms with E-state index in [9.17, 15) is 9.59 Å². The standard InChI is InChI=1S/C14H25N3O4/c1-15-4-3-11(8-15)9-16(2)14(20)17-5-6-21-12(10-17)7-13(18)19/h11-12H,3-10H2,1-2H3,(H,18,19). The summed E-state index contributed by atoms with van der Waals surface area (Å²) < 4.78 is 5.40. The van der Waals surface area contributed by atoms with Crippen molar-refractivity contribution in [2.75, 3.05) is 53.4 Å². The molecule has 120 valence electrons. The number of carboxylic acids is 1. The molecule has 0 aromatic rings. The van der Waals surface area contributed by atoms with Crippen molar-refractivity contribution >= 4 is 12.0 Å². The fourth-order valence-corrected chi connectivity index (χ4v) is 3.09. The van der Waals surface area contributed by atoms with Crippen molar-refractivity contribution in [1.82, 2.24) is 14.7 Å². The van der Waals surface area contributed by atoms with Crippen molar-refractivity contribution in [2.24, 2.45) is 5.92 Å². The molecule has 2 unspecified atom stereocenters. The van der Waals surface area contributed by atoms with E-state index < -0.39 is 12.1 Å². The Bertz CT molecular complexity index is 390. The molecule has 0 aliphatic carbocycles. The molecule has 2 aliphatic heterocycles. The van der Waals surface area contributed by atoms with Crippen LogP contribution in [0.4, 0.5) is 4.79 Å². The number of carbonyl (C=O) groups excluding carboxylic acids is 1. The molecule has 2 aliphatic rings. The molecule has 0 aromatic carbocycles. The van der Waals surface area contributed by atoms with E-state index in [2.05, 4.69) is 11.9 Å². The van der Waals surface area contributed by atoms with Crippen molar-refractivity contribution < 1.29 is 19.4 Å². The Labute approximate surface area is 125 Å². The fourth-order valence-electron chi connectivity index (χ4n) is 3.09. The number of ether oxygens (including phenoxy) is 1. The number of carbonyl (C=O) groups is 2. The minimum Gasteiger partial charge on any atom is -0.481 e. The lowest BCUT2D eigenvalue weighted by molar-refractivity contribution is -0.141. The first-order valence-corrected chi connectivity index (χ1v) is 7.47. The monoisotopic (exact) mass is 299 g/mol. The summed E-state index contributed by atoms with van der Waals surface area (Å²) in [6.07, 6.45) is 0.672. The number of rotatable bonds is 4. The lowest BCUT2D eigenvalue weighted by atomic mass is 10.1. The van der Waals surface area contributed by atoms with Gasteiger partial charge in [-0.3, -0.25) is 4.79 Å². The van der Waals surface area contributed by atoms with Crippen LogP contribution in [0.15, 0.2) is 0 Å². The van der Waals surface area contributed by atoms with Gasteiger partial charge in [-0.15, -0.1) is 0 Å². The smallest absolute Gasteiger partial charge is 0.319 e. The van der Waals surface area contributed by atoms with Gasteiger partial charge >= 0.3 is 12.0 Å². The molecule has 0 aromatic heterocycles. The molecule has 7 heteroatoms. The summed E-state index contributed by atoms with van der Waals surface area (Å²) in [6.45, 7) is 4.17. The summed E-state index contributed by atoms with van der Waals surface area (Å²) in [4.78, 5) is 28.9. The summed E-state index contributed by atoms with van der Waals surface area (Å²) in [6, 6.07) is -0.0248. The third-order valence-electron chi connectivity index (χ3n) is 4.16. The molecule has 2 fully saturated rings. The van der Waals surface area contributed by atoms with Crippen LogP contribution in [0.3, 0.4) is 0 Å². The first-order valence-electron chi connectivity index (χ1n) is 7.47. The number of urea groups is 1. The second-order valence-corrected chi connectivity index (χ2v) is 6.12. The number of aliphatic carboxylic acids is 1. The van der Waals surface area contributed by atoms with E-state index in [0.717, 1.165) is 26.1 Å². The lowest BCUT2D eigenvalue weighted by Gasteiger charge is -2.35. The average Bonchev–Trinajstić information content (AvgIpc) is 2.82. The van der Waals surface area contributed by atoms with Crippen molar-refractivity contribution in [1.29, 1.82) is 0 Å². The quantitative estimate of drug-likeness (QED) is 0.801. The highest BCUT2D eigenvalue weighted by molar-refractivity contribution is 5.74. The van der Waals surface area contributed by atoms with Crippen LogP contribution in [0, 0.1) is 5.92 Å². The van der Waals surface area contributed by atoms with Crippen LogP contribution in [0.5, 0.6) is 0 Å². The molecule has 0 radical (unpaired) electrons. The maximum atomic E-state index is 12.4. The second-order valence-electron chi connectivity index (χ2n) is 6.12. The van der Waals surface area contributed by atoms with E-state index in [1.807, 2.05) is 7.05 Å². The molecule has 0 spiro atoms. The Kier molecular flexibility index (Phi) is 5.41. The summed E-state index contributed by atoms with van der Waals surface area (Å²) in [7, 11) is 3.92. The molecular formula is C14H25N3O4. The van der Waals surface area contributed by atoms with Gasteiger partial charge in [0.15, 0.2) is 0 Å². The Morgan fingerprint density at radius 3 is 2.71 bits per heavy atom. The number of nitrogens with zero attached hydrogens (tertiary/aromatic N) is 3. The number of amides is 2. The summed E-state index contributed by atoms with van der Waals surface area (Å²) in [5.41, 5.74) is 0. The molecule has 21 heavy (non-hydrogen) atoms. The minimum absolute atomic E-state index is 0.0248. The topological polar surface area (TPSA) is 73.3 Å². The predicted molar refractivity (Wildman–Crippen MR) is 77.2 cm³/mol. The third kappa shape index (κ3) is 4.57.